The van der Waals surface area contributed by atoms with E-state index in [0.717, 1.165) is 41.5 Å². The summed E-state index contributed by atoms with van der Waals surface area (Å²) in [4.78, 5) is 19.2. The average Bonchev–Trinajstić information content (AvgIpc) is 2.58. The van der Waals surface area contributed by atoms with Gasteiger partial charge < -0.3 is 10.6 Å². The Labute approximate surface area is 99.5 Å². The Balaban J connectivity index is 2.10. The van der Waals surface area contributed by atoms with Crippen molar-refractivity contribution in [1.29, 1.82) is 0 Å². The maximum atomic E-state index is 12.2. The lowest BCUT2D eigenvalue weighted by Crippen LogP contribution is -2.42. The smallest absolute Gasteiger partial charge is 0.265 e. The molecule has 1 aliphatic rings. The van der Waals surface area contributed by atoms with E-state index in [4.69, 9.17) is 5.73 Å². The Kier molecular flexibility index (Phi) is 3.25. The van der Waals surface area contributed by atoms with Gasteiger partial charge in [-0.25, -0.2) is 4.98 Å². The standard InChI is InChI=1S/C11H17N3OS/c1-7-10(16-8(2)13-7)11(15)14-5-3-9(12)4-6-14/h9H,3-6,12H2,1-2H3. The summed E-state index contributed by atoms with van der Waals surface area (Å²) in [5.74, 6) is 0.120. The zero-order valence-corrected chi connectivity index (χ0v) is 10.5. The van der Waals surface area contributed by atoms with Gasteiger partial charge in [0, 0.05) is 19.1 Å². The fourth-order valence-corrected chi connectivity index (χ4v) is 2.86. The second kappa shape index (κ2) is 4.51. The van der Waals surface area contributed by atoms with Gasteiger partial charge in [0.2, 0.25) is 0 Å². The van der Waals surface area contributed by atoms with Crippen LogP contribution in [-0.4, -0.2) is 34.9 Å². The van der Waals surface area contributed by atoms with E-state index in [1.165, 1.54) is 11.3 Å². The number of aromatic nitrogens is 1. The van der Waals surface area contributed by atoms with Gasteiger partial charge in [0.05, 0.1) is 10.7 Å². The molecule has 2 rings (SSSR count). The molecule has 2 N–H and O–H groups in total. The number of aryl methyl sites for hydroxylation is 2. The van der Waals surface area contributed by atoms with Crippen LogP contribution >= 0.6 is 11.3 Å². The zero-order valence-electron chi connectivity index (χ0n) is 9.69. The molecular formula is C11H17N3OS. The second-order valence-corrected chi connectivity index (χ2v) is 5.48. The van der Waals surface area contributed by atoms with Crippen molar-refractivity contribution in [3.8, 4) is 0 Å². The Hall–Kier alpha value is -0.940. The number of hydrogen-bond donors (Lipinski definition) is 1. The molecule has 0 aromatic carbocycles. The molecule has 1 aromatic heterocycles. The summed E-state index contributed by atoms with van der Waals surface area (Å²) in [5, 5.41) is 0.953. The van der Waals surface area contributed by atoms with E-state index in [9.17, 15) is 4.79 Å². The lowest BCUT2D eigenvalue weighted by atomic mass is 10.1. The lowest BCUT2D eigenvalue weighted by molar-refractivity contribution is 0.0718. The first-order chi connectivity index (χ1) is 7.58. The van der Waals surface area contributed by atoms with E-state index < -0.39 is 0 Å². The molecule has 1 aliphatic heterocycles. The fourth-order valence-electron chi connectivity index (χ4n) is 1.98. The number of carbonyl (C=O) groups excluding carboxylic acids is 1. The maximum absolute atomic E-state index is 12.2. The second-order valence-electron chi connectivity index (χ2n) is 4.28. The number of likely N-dealkylation sites (tertiary alicyclic amines) is 1. The monoisotopic (exact) mass is 239 g/mol. The summed E-state index contributed by atoms with van der Waals surface area (Å²) in [6.45, 7) is 5.37. The molecule has 0 saturated carbocycles. The minimum Gasteiger partial charge on any atom is -0.338 e. The number of rotatable bonds is 1. The number of thiazole rings is 1. The van der Waals surface area contributed by atoms with Gasteiger partial charge in [0.15, 0.2) is 0 Å². The van der Waals surface area contributed by atoms with E-state index in [-0.39, 0.29) is 11.9 Å². The number of amides is 1. The van der Waals surface area contributed by atoms with Gasteiger partial charge in [-0.3, -0.25) is 4.79 Å². The van der Waals surface area contributed by atoms with Crippen molar-refractivity contribution in [1.82, 2.24) is 9.88 Å². The molecule has 0 unspecified atom stereocenters. The van der Waals surface area contributed by atoms with E-state index in [0.29, 0.717) is 0 Å². The van der Waals surface area contributed by atoms with E-state index in [1.807, 2.05) is 18.7 Å². The Morgan fingerprint density at radius 2 is 2.06 bits per heavy atom. The largest absolute Gasteiger partial charge is 0.338 e. The number of nitrogens with zero attached hydrogens (tertiary/aromatic N) is 2. The van der Waals surface area contributed by atoms with Crippen molar-refractivity contribution in [3.63, 3.8) is 0 Å². The molecular weight excluding hydrogens is 222 g/mol. The maximum Gasteiger partial charge on any atom is 0.265 e. The van der Waals surface area contributed by atoms with Gasteiger partial charge in [-0.05, 0) is 26.7 Å². The molecule has 0 atom stereocenters. The lowest BCUT2D eigenvalue weighted by Gasteiger charge is -2.29. The summed E-state index contributed by atoms with van der Waals surface area (Å²) in [7, 11) is 0. The predicted molar refractivity (Wildman–Crippen MR) is 64.7 cm³/mol. The Morgan fingerprint density at radius 3 is 2.56 bits per heavy atom. The van der Waals surface area contributed by atoms with Crippen molar-refractivity contribution in [2.24, 2.45) is 5.73 Å². The van der Waals surface area contributed by atoms with Crippen LogP contribution in [-0.2, 0) is 0 Å². The van der Waals surface area contributed by atoms with Crippen LogP contribution in [0.25, 0.3) is 0 Å². The van der Waals surface area contributed by atoms with E-state index >= 15 is 0 Å². The summed E-state index contributed by atoms with van der Waals surface area (Å²) >= 11 is 1.48. The summed E-state index contributed by atoms with van der Waals surface area (Å²) in [5.41, 5.74) is 6.67. The zero-order chi connectivity index (χ0) is 11.7. The normalized spacial score (nSPS) is 17.8. The molecule has 1 amide bonds. The van der Waals surface area contributed by atoms with Crippen LogP contribution in [0.4, 0.5) is 0 Å². The van der Waals surface area contributed by atoms with Gasteiger partial charge in [0.25, 0.3) is 5.91 Å². The molecule has 4 nitrogen and oxygen atoms in total. The highest BCUT2D eigenvalue weighted by Crippen LogP contribution is 2.21. The number of piperidine rings is 1. The van der Waals surface area contributed by atoms with Gasteiger partial charge in [-0.15, -0.1) is 11.3 Å². The van der Waals surface area contributed by atoms with Crippen molar-refractivity contribution in [3.05, 3.63) is 15.6 Å². The van der Waals surface area contributed by atoms with Gasteiger partial charge in [-0.2, -0.15) is 0 Å². The Bertz CT molecular complexity index is 394. The Morgan fingerprint density at radius 1 is 1.44 bits per heavy atom. The van der Waals surface area contributed by atoms with Gasteiger partial charge in [0.1, 0.15) is 4.88 Å². The first kappa shape index (κ1) is 11.5. The van der Waals surface area contributed by atoms with Crippen LogP contribution in [0.5, 0.6) is 0 Å². The topological polar surface area (TPSA) is 59.2 Å². The van der Waals surface area contributed by atoms with Crippen LogP contribution in [0.15, 0.2) is 0 Å². The van der Waals surface area contributed by atoms with Gasteiger partial charge in [-0.1, -0.05) is 0 Å². The van der Waals surface area contributed by atoms with Gasteiger partial charge >= 0.3 is 0 Å². The molecule has 1 saturated heterocycles. The molecule has 0 bridgehead atoms. The molecule has 0 aliphatic carbocycles. The first-order valence-electron chi connectivity index (χ1n) is 5.57. The molecule has 5 heteroatoms. The molecule has 88 valence electrons. The molecule has 0 radical (unpaired) electrons. The SMILES string of the molecule is Cc1nc(C)c(C(=O)N2CCC(N)CC2)s1. The van der Waals surface area contributed by atoms with Crippen molar-refractivity contribution in [2.75, 3.05) is 13.1 Å². The number of hydrogen-bond acceptors (Lipinski definition) is 4. The third-order valence-electron chi connectivity index (χ3n) is 2.92. The van der Waals surface area contributed by atoms with Crippen molar-refractivity contribution < 1.29 is 4.79 Å². The summed E-state index contributed by atoms with van der Waals surface area (Å²) < 4.78 is 0. The predicted octanol–water partition coefficient (Wildman–Crippen LogP) is 1.32. The quantitative estimate of drug-likeness (QED) is 0.804. The minimum atomic E-state index is 0.120. The summed E-state index contributed by atoms with van der Waals surface area (Å²) in [6.07, 6.45) is 1.81. The average molecular weight is 239 g/mol. The van der Waals surface area contributed by atoms with E-state index in [2.05, 4.69) is 4.98 Å². The van der Waals surface area contributed by atoms with E-state index in [1.54, 1.807) is 0 Å². The van der Waals surface area contributed by atoms with Crippen molar-refractivity contribution >= 4 is 17.2 Å². The highest BCUT2D eigenvalue weighted by Gasteiger charge is 2.24. The number of nitrogens with two attached hydrogens (primary N) is 1. The van der Waals surface area contributed by atoms with Crippen LogP contribution in [0.3, 0.4) is 0 Å². The summed E-state index contributed by atoms with van der Waals surface area (Å²) in [6, 6.07) is 0.258. The minimum absolute atomic E-state index is 0.120. The van der Waals surface area contributed by atoms with Crippen LogP contribution < -0.4 is 5.73 Å². The third kappa shape index (κ3) is 2.25. The van der Waals surface area contributed by atoms with Crippen molar-refractivity contribution in [2.45, 2.75) is 32.7 Å². The fraction of sp³-hybridized carbons (Fsp3) is 0.636. The van der Waals surface area contributed by atoms with Crippen LogP contribution in [0.2, 0.25) is 0 Å². The highest BCUT2D eigenvalue weighted by atomic mass is 32.1. The molecule has 16 heavy (non-hydrogen) atoms. The van der Waals surface area contributed by atoms with Crippen LogP contribution in [0, 0.1) is 13.8 Å². The molecule has 1 aromatic rings. The number of carbonyl (C=O) groups is 1. The third-order valence-corrected chi connectivity index (χ3v) is 3.99. The highest BCUT2D eigenvalue weighted by molar-refractivity contribution is 7.13. The van der Waals surface area contributed by atoms with Crippen LogP contribution in [0.1, 0.15) is 33.2 Å². The molecule has 1 fully saturated rings. The molecule has 0 spiro atoms. The first-order valence-corrected chi connectivity index (χ1v) is 6.38. The molecule has 2 heterocycles.